The van der Waals surface area contributed by atoms with Gasteiger partial charge in [-0.25, -0.2) is 9.59 Å². The number of aliphatic carboxylic acids is 1. The topological polar surface area (TPSA) is 72.8 Å². The fourth-order valence-electron chi connectivity index (χ4n) is 2.64. The first-order chi connectivity index (χ1) is 11.6. The molecule has 1 fully saturated rings. The number of carboxylic acids is 1. The Bertz CT molecular complexity index is 595. The van der Waals surface area contributed by atoms with E-state index in [1.54, 1.807) is 30.3 Å². The number of ether oxygens (including phenoxy) is 2. The number of carbonyl (C=O) groups is 2. The zero-order valence-electron chi connectivity index (χ0n) is 13.5. The van der Waals surface area contributed by atoms with Crippen LogP contribution >= 0.6 is 0 Å². The summed E-state index contributed by atoms with van der Waals surface area (Å²) in [6, 6.07) is 6.66. The number of benzene rings is 1. The van der Waals surface area contributed by atoms with Crippen LogP contribution in [0.3, 0.4) is 0 Å². The Morgan fingerprint density at radius 2 is 1.75 bits per heavy atom. The van der Waals surface area contributed by atoms with Gasteiger partial charge in [-0.15, -0.1) is 6.58 Å². The summed E-state index contributed by atoms with van der Waals surface area (Å²) in [4.78, 5) is 22.6. The maximum atomic E-state index is 12.2. The average Bonchev–Trinajstić information content (AvgIpc) is 2.59. The van der Waals surface area contributed by atoms with Gasteiger partial charge in [-0.05, 0) is 49.5 Å². The third-order valence-electron chi connectivity index (χ3n) is 3.91. The van der Waals surface area contributed by atoms with Gasteiger partial charge in [-0.3, -0.25) is 0 Å². The highest BCUT2D eigenvalue weighted by Crippen LogP contribution is 2.24. The summed E-state index contributed by atoms with van der Waals surface area (Å²) in [6.45, 7) is 4.19. The highest BCUT2D eigenvalue weighted by atomic mass is 16.5. The summed E-state index contributed by atoms with van der Waals surface area (Å²) in [6.07, 6.45) is 7.77. The summed E-state index contributed by atoms with van der Waals surface area (Å²) in [5.74, 6) is -1.36. The molecule has 0 saturated heterocycles. The van der Waals surface area contributed by atoms with E-state index in [0.29, 0.717) is 17.7 Å². The summed E-state index contributed by atoms with van der Waals surface area (Å²) in [7, 11) is 0. The highest BCUT2D eigenvalue weighted by Gasteiger charge is 2.24. The van der Waals surface area contributed by atoms with Crippen molar-refractivity contribution in [2.24, 2.45) is 0 Å². The molecule has 0 heterocycles. The van der Waals surface area contributed by atoms with Gasteiger partial charge >= 0.3 is 11.9 Å². The fourth-order valence-corrected chi connectivity index (χ4v) is 2.64. The summed E-state index contributed by atoms with van der Waals surface area (Å²) < 4.78 is 11.2. The Labute approximate surface area is 141 Å². The largest absolute Gasteiger partial charge is 0.478 e. The van der Waals surface area contributed by atoms with E-state index in [2.05, 4.69) is 6.58 Å². The predicted molar refractivity (Wildman–Crippen MR) is 90.7 cm³/mol. The first-order valence-electron chi connectivity index (χ1n) is 8.03. The number of carbonyl (C=O) groups excluding carboxylic acids is 1. The van der Waals surface area contributed by atoms with Crippen molar-refractivity contribution in [2.75, 3.05) is 6.61 Å². The number of carboxylic acid groups (broad SMARTS) is 1. The molecule has 128 valence electrons. The Hall–Kier alpha value is -2.40. The van der Waals surface area contributed by atoms with Gasteiger partial charge in [-0.1, -0.05) is 18.2 Å². The van der Waals surface area contributed by atoms with Gasteiger partial charge in [0.25, 0.3) is 0 Å². The molecular formula is C19H22O5. The Kier molecular flexibility index (Phi) is 6.75. The van der Waals surface area contributed by atoms with E-state index in [0.717, 1.165) is 31.8 Å². The number of hydrogen-bond acceptors (Lipinski definition) is 4. The van der Waals surface area contributed by atoms with Gasteiger partial charge in [0, 0.05) is 6.08 Å². The molecule has 1 aliphatic carbocycles. The average molecular weight is 330 g/mol. The van der Waals surface area contributed by atoms with Gasteiger partial charge in [0.05, 0.1) is 18.3 Å². The number of hydrogen-bond donors (Lipinski definition) is 1. The van der Waals surface area contributed by atoms with E-state index in [9.17, 15) is 9.59 Å². The van der Waals surface area contributed by atoms with Crippen LogP contribution in [0, 0.1) is 0 Å². The van der Waals surface area contributed by atoms with Crippen LogP contribution in [0.4, 0.5) is 0 Å². The number of rotatable bonds is 7. The SMILES string of the molecule is C=CCOC1CCC(OC(=O)c2ccc(/C=C/C(=O)O)cc2)CC1. The fraction of sp³-hybridized carbons (Fsp3) is 0.368. The molecular weight excluding hydrogens is 308 g/mol. The van der Waals surface area contributed by atoms with Crippen molar-refractivity contribution in [3.05, 3.63) is 54.1 Å². The molecule has 0 radical (unpaired) electrons. The summed E-state index contributed by atoms with van der Waals surface area (Å²) >= 11 is 0. The van der Waals surface area contributed by atoms with E-state index in [1.165, 1.54) is 6.08 Å². The van der Waals surface area contributed by atoms with Crippen LogP contribution in [0.2, 0.25) is 0 Å². The molecule has 1 aromatic rings. The Balaban J connectivity index is 1.82. The quantitative estimate of drug-likeness (QED) is 0.471. The second-order valence-electron chi connectivity index (χ2n) is 5.72. The summed E-state index contributed by atoms with van der Waals surface area (Å²) in [5.41, 5.74) is 1.18. The van der Waals surface area contributed by atoms with Crippen molar-refractivity contribution >= 4 is 18.0 Å². The molecule has 0 aliphatic heterocycles. The molecule has 1 saturated carbocycles. The van der Waals surface area contributed by atoms with Crippen molar-refractivity contribution in [2.45, 2.75) is 37.9 Å². The lowest BCUT2D eigenvalue weighted by molar-refractivity contribution is -0.131. The van der Waals surface area contributed by atoms with Gasteiger partial charge < -0.3 is 14.6 Å². The zero-order valence-corrected chi connectivity index (χ0v) is 13.5. The van der Waals surface area contributed by atoms with E-state index in [4.69, 9.17) is 14.6 Å². The molecule has 0 aromatic heterocycles. The van der Waals surface area contributed by atoms with Crippen LogP contribution in [0.25, 0.3) is 6.08 Å². The molecule has 0 atom stereocenters. The van der Waals surface area contributed by atoms with Crippen molar-refractivity contribution < 1.29 is 24.2 Å². The van der Waals surface area contributed by atoms with Crippen molar-refractivity contribution in [3.8, 4) is 0 Å². The molecule has 0 spiro atoms. The van der Waals surface area contributed by atoms with Crippen LogP contribution in [0.15, 0.2) is 43.0 Å². The van der Waals surface area contributed by atoms with Crippen LogP contribution in [-0.4, -0.2) is 35.9 Å². The molecule has 2 rings (SSSR count). The lowest BCUT2D eigenvalue weighted by atomic mass is 9.95. The van der Waals surface area contributed by atoms with Crippen molar-refractivity contribution in [1.29, 1.82) is 0 Å². The molecule has 0 unspecified atom stereocenters. The standard InChI is InChI=1S/C19H22O5/c1-2-13-23-16-8-10-17(11-9-16)24-19(22)15-6-3-14(4-7-15)5-12-18(20)21/h2-7,12,16-17H,1,8-11,13H2,(H,20,21)/b12-5+. The lowest BCUT2D eigenvalue weighted by Crippen LogP contribution is -2.28. The van der Waals surface area contributed by atoms with Gasteiger partial charge in [0.1, 0.15) is 6.10 Å². The molecule has 0 bridgehead atoms. The minimum absolute atomic E-state index is 0.0762. The molecule has 1 aromatic carbocycles. The highest BCUT2D eigenvalue weighted by molar-refractivity contribution is 5.90. The van der Waals surface area contributed by atoms with E-state index < -0.39 is 5.97 Å². The van der Waals surface area contributed by atoms with Crippen molar-refractivity contribution in [1.82, 2.24) is 0 Å². The molecule has 5 nitrogen and oxygen atoms in total. The Morgan fingerprint density at radius 1 is 1.12 bits per heavy atom. The van der Waals surface area contributed by atoms with Crippen LogP contribution in [0.1, 0.15) is 41.6 Å². The first-order valence-corrected chi connectivity index (χ1v) is 8.03. The van der Waals surface area contributed by atoms with Gasteiger partial charge in [-0.2, -0.15) is 0 Å². The minimum atomic E-state index is -1.01. The molecule has 24 heavy (non-hydrogen) atoms. The van der Waals surface area contributed by atoms with Crippen LogP contribution in [0.5, 0.6) is 0 Å². The predicted octanol–water partition coefficient (Wildman–Crippen LogP) is 3.46. The second-order valence-corrected chi connectivity index (χ2v) is 5.72. The monoisotopic (exact) mass is 330 g/mol. The Morgan fingerprint density at radius 3 is 2.33 bits per heavy atom. The lowest BCUT2D eigenvalue weighted by Gasteiger charge is -2.28. The molecule has 1 N–H and O–H groups in total. The number of esters is 1. The second kappa shape index (κ2) is 9.03. The molecule has 5 heteroatoms. The maximum Gasteiger partial charge on any atom is 0.338 e. The maximum absolute atomic E-state index is 12.2. The van der Waals surface area contributed by atoms with Crippen LogP contribution in [-0.2, 0) is 14.3 Å². The summed E-state index contributed by atoms with van der Waals surface area (Å²) in [5, 5.41) is 8.59. The third kappa shape index (κ3) is 5.66. The molecule has 1 aliphatic rings. The van der Waals surface area contributed by atoms with E-state index in [-0.39, 0.29) is 18.2 Å². The van der Waals surface area contributed by atoms with E-state index >= 15 is 0 Å². The first kappa shape index (κ1) is 17.9. The zero-order chi connectivity index (χ0) is 17.4. The van der Waals surface area contributed by atoms with Crippen molar-refractivity contribution in [3.63, 3.8) is 0 Å². The van der Waals surface area contributed by atoms with Crippen LogP contribution < -0.4 is 0 Å². The molecule has 0 amide bonds. The van der Waals surface area contributed by atoms with Gasteiger partial charge in [0.2, 0.25) is 0 Å². The normalized spacial score (nSPS) is 20.7. The minimum Gasteiger partial charge on any atom is -0.478 e. The van der Waals surface area contributed by atoms with Gasteiger partial charge in [0.15, 0.2) is 0 Å². The van der Waals surface area contributed by atoms with E-state index in [1.807, 2.05) is 0 Å². The third-order valence-corrected chi connectivity index (χ3v) is 3.91. The smallest absolute Gasteiger partial charge is 0.338 e.